The van der Waals surface area contributed by atoms with Crippen molar-refractivity contribution < 1.29 is 4.53 Å². The van der Waals surface area contributed by atoms with Crippen molar-refractivity contribution in [2.75, 3.05) is 0 Å². The fourth-order valence-electron chi connectivity index (χ4n) is 0.733. The van der Waals surface area contributed by atoms with Gasteiger partial charge in [0.1, 0.15) is 6.21 Å². The first-order valence-electron chi connectivity index (χ1n) is 4.18. The average Bonchev–Trinajstić information content (AvgIpc) is 2.34. The van der Waals surface area contributed by atoms with E-state index in [9.17, 15) is 0 Å². The van der Waals surface area contributed by atoms with Crippen LogP contribution in [0.15, 0.2) is 17.5 Å². The molecule has 0 aromatic carbocycles. The molecule has 1 aromatic rings. The predicted molar refractivity (Wildman–Crippen MR) is 55.2 cm³/mol. The second kappa shape index (κ2) is 3.74. The van der Waals surface area contributed by atoms with E-state index in [1.54, 1.807) is 12.4 Å². The molecule has 5 heteroatoms. The van der Waals surface area contributed by atoms with Gasteiger partial charge < -0.3 is 9.09 Å². The molecule has 0 unspecified atom stereocenters. The lowest BCUT2D eigenvalue weighted by Gasteiger charge is -2.11. The molecule has 72 valence electrons. The van der Waals surface area contributed by atoms with Crippen LogP contribution in [0.4, 0.5) is 0 Å². The average molecular weight is 197 g/mol. The maximum atomic E-state index is 5.31. The van der Waals surface area contributed by atoms with Crippen LogP contribution in [-0.2, 0) is 11.6 Å². The van der Waals surface area contributed by atoms with Gasteiger partial charge in [0.05, 0.1) is 0 Å². The molecule has 0 fully saturated rings. The lowest BCUT2D eigenvalue weighted by molar-refractivity contribution is 0.337. The quantitative estimate of drug-likeness (QED) is 0.419. The van der Waals surface area contributed by atoms with Crippen LogP contribution in [0.5, 0.6) is 0 Å². The maximum Gasteiger partial charge on any atom is 0.278 e. The Morgan fingerprint density at radius 1 is 1.54 bits per heavy atom. The Bertz CT molecular complexity index is 301. The maximum absolute atomic E-state index is 5.31. The second-order valence-corrected chi connectivity index (χ2v) is 8.24. The van der Waals surface area contributed by atoms with Crippen molar-refractivity contribution in [2.45, 2.75) is 19.6 Å². The monoisotopic (exact) mass is 197 g/mol. The van der Waals surface area contributed by atoms with Crippen LogP contribution < -0.4 is 0 Å². The zero-order valence-electron chi connectivity index (χ0n) is 8.48. The minimum Gasteiger partial charge on any atom is -0.456 e. The summed E-state index contributed by atoms with van der Waals surface area (Å²) in [7, 11) is 0.377. The molecule has 1 aromatic heterocycles. The molecule has 0 saturated heterocycles. The van der Waals surface area contributed by atoms with Gasteiger partial charge in [-0.1, -0.05) is 0 Å². The molecule has 0 saturated carbocycles. The summed E-state index contributed by atoms with van der Waals surface area (Å²) < 4.78 is 7.20. The smallest absolute Gasteiger partial charge is 0.278 e. The van der Waals surface area contributed by atoms with Gasteiger partial charge in [0.15, 0.2) is 5.82 Å². The number of oxime groups is 1. The fraction of sp³-hybridized carbons (Fsp3) is 0.500. The summed E-state index contributed by atoms with van der Waals surface area (Å²) >= 11 is 0. The van der Waals surface area contributed by atoms with Crippen LogP contribution in [0, 0.1) is 0 Å². The molecule has 0 spiro atoms. The Morgan fingerprint density at radius 2 is 2.23 bits per heavy atom. The van der Waals surface area contributed by atoms with Crippen molar-refractivity contribution in [2.24, 2.45) is 12.2 Å². The van der Waals surface area contributed by atoms with Crippen molar-refractivity contribution in [3.8, 4) is 0 Å². The summed E-state index contributed by atoms with van der Waals surface area (Å²) in [6, 6.07) is 0. The van der Waals surface area contributed by atoms with Gasteiger partial charge in [-0.25, -0.2) is 4.98 Å². The molecule has 0 amide bonds. The highest BCUT2D eigenvalue weighted by Crippen LogP contribution is 2.02. The lowest BCUT2D eigenvalue weighted by Crippen LogP contribution is -2.22. The van der Waals surface area contributed by atoms with Crippen LogP contribution in [0.2, 0.25) is 19.6 Å². The first-order chi connectivity index (χ1) is 5.99. The zero-order chi connectivity index (χ0) is 9.90. The molecular formula is C8H15N3OSi. The van der Waals surface area contributed by atoms with Gasteiger partial charge in [0.2, 0.25) is 0 Å². The molecule has 4 nitrogen and oxygen atoms in total. The molecule has 0 N–H and O–H groups in total. The Kier molecular flexibility index (Phi) is 2.87. The first kappa shape index (κ1) is 9.98. The van der Waals surface area contributed by atoms with Crippen molar-refractivity contribution in [3.05, 3.63) is 18.2 Å². The summed E-state index contributed by atoms with van der Waals surface area (Å²) in [5.41, 5.74) is 0. The van der Waals surface area contributed by atoms with Gasteiger partial charge in [-0.2, -0.15) is 0 Å². The Labute approximate surface area is 79.4 Å². The van der Waals surface area contributed by atoms with Crippen LogP contribution >= 0.6 is 0 Å². The molecular weight excluding hydrogens is 182 g/mol. The van der Waals surface area contributed by atoms with Crippen molar-refractivity contribution >= 4 is 14.5 Å². The molecule has 0 aliphatic rings. The van der Waals surface area contributed by atoms with E-state index < -0.39 is 8.32 Å². The number of hydrogen-bond donors (Lipinski definition) is 0. The van der Waals surface area contributed by atoms with E-state index in [1.165, 1.54) is 0 Å². The molecule has 1 heterocycles. The molecule has 0 bridgehead atoms. The van der Waals surface area contributed by atoms with Gasteiger partial charge in [0, 0.05) is 19.4 Å². The third-order valence-corrected chi connectivity index (χ3v) is 2.01. The topological polar surface area (TPSA) is 39.4 Å². The van der Waals surface area contributed by atoms with E-state index in [0.717, 1.165) is 5.82 Å². The number of rotatable bonds is 3. The van der Waals surface area contributed by atoms with Gasteiger partial charge in [-0.05, 0) is 19.6 Å². The number of aromatic nitrogens is 2. The molecule has 1 rings (SSSR count). The minimum absolute atomic E-state index is 0.804. The largest absolute Gasteiger partial charge is 0.456 e. The SMILES string of the molecule is Cn1ccnc1C=NO[Si](C)(C)C. The predicted octanol–water partition coefficient (Wildman–Crippen LogP) is 1.61. The van der Waals surface area contributed by atoms with Gasteiger partial charge in [0.25, 0.3) is 8.32 Å². The lowest BCUT2D eigenvalue weighted by atomic mass is 10.7. The molecule has 0 radical (unpaired) electrons. The standard InChI is InChI=1S/C8H15N3OSi/c1-11-6-5-9-8(11)7-10-12-13(2,3)4/h5-7H,1-4H3. The number of aryl methyl sites for hydroxylation is 1. The van der Waals surface area contributed by atoms with Crippen molar-refractivity contribution in [1.82, 2.24) is 9.55 Å². The van der Waals surface area contributed by atoms with E-state index in [4.69, 9.17) is 4.53 Å². The van der Waals surface area contributed by atoms with E-state index in [-0.39, 0.29) is 0 Å². The fourth-order valence-corrected chi connectivity index (χ4v) is 1.10. The third kappa shape index (κ3) is 3.41. The molecule has 0 atom stereocenters. The van der Waals surface area contributed by atoms with Gasteiger partial charge in [-0.3, -0.25) is 0 Å². The van der Waals surface area contributed by atoms with Gasteiger partial charge in [-0.15, -0.1) is 5.16 Å². The van der Waals surface area contributed by atoms with Gasteiger partial charge >= 0.3 is 0 Å². The van der Waals surface area contributed by atoms with E-state index >= 15 is 0 Å². The Balaban J connectivity index is 2.55. The number of imidazole rings is 1. The third-order valence-electron chi connectivity index (χ3n) is 1.35. The summed E-state index contributed by atoms with van der Waals surface area (Å²) in [4.78, 5) is 4.08. The highest BCUT2D eigenvalue weighted by Gasteiger charge is 2.15. The highest BCUT2D eigenvalue weighted by molar-refractivity contribution is 6.69. The van der Waals surface area contributed by atoms with Crippen LogP contribution in [0.1, 0.15) is 5.82 Å². The zero-order valence-corrected chi connectivity index (χ0v) is 9.48. The Morgan fingerprint density at radius 3 is 2.69 bits per heavy atom. The molecule has 13 heavy (non-hydrogen) atoms. The number of hydrogen-bond acceptors (Lipinski definition) is 3. The van der Waals surface area contributed by atoms with Crippen LogP contribution in [0.3, 0.4) is 0 Å². The van der Waals surface area contributed by atoms with E-state index in [2.05, 4.69) is 29.8 Å². The molecule has 0 aliphatic carbocycles. The first-order valence-corrected chi connectivity index (χ1v) is 7.59. The van der Waals surface area contributed by atoms with Crippen molar-refractivity contribution in [1.29, 1.82) is 0 Å². The minimum atomic E-state index is -1.54. The van der Waals surface area contributed by atoms with Crippen LogP contribution in [0.25, 0.3) is 0 Å². The summed E-state index contributed by atoms with van der Waals surface area (Å²) in [6.07, 6.45) is 5.24. The Hall–Kier alpha value is -1.10. The summed E-state index contributed by atoms with van der Waals surface area (Å²) in [5.74, 6) is 0.804. The van der Waals surface area contributed by atoms with E-state index in [1.807, 2.05) is 17.8 Å². The normalized spacial score (nSPS) is 12.3. The molecule has 0 aliphatic heterocycles. The van der Waals surface area contributed by atoms with Crippen molar-refractivity contribution in [3.63, 3.8) is 0 Å². The van der Waals surface area contributed by atoms with Crippen LogP contribution in [-0.4, -0.2) is 24.1 Å². The summed E-state index contributed by atoms with van der Waals surface area (Å²) in [5, 5.41) is 3.90. The highest BCUT2D eigenvalue weighted by atomic mass is 28.4. The summed E-state index contributed by atoms with van der Waals surface area (Å²) in [6.45, 7) is 6.26. The van der Waals surface area contributed by atoms with E-state index in [0.29, 0.717) is 0 Å². The second-order valence-electron chi connectivity index (χ2n) is 3.83. The number of nitrogens with zero attached hydrogens (tertiary/aromatic N) is 3.